The second-order valence-corrected chi connectivity index (χ2v) is 4.67. The van der Waals surface area contributed by atoms with Gasteiger partial charge in [0.1, 0.15) is 12.7 Å². The van der Waals surface area contributed by atoms with E-state index in [4.69, 9.17) is 4.74 Å². The second-order valence-electron chi connectivity index (χ2n) is 4.67. The van der Waals surface area contributed by atoms with Crippen molar-refractivity contribution in [2.24, 2.45) is 11.8 Å². The minimum Gasteiger partial charge on any atom is -0.373 e. The van der Waals surface area contributed by atoms with Gasteiger partial charge in [0.05, 0.1) is 24.0 Å². The van der Waals surface area contributed by atoms with Crippen LogP contribution in [-0.2, 0) is 14.3 Å². The minimum absolute atomic E-state index is 0.0806. The molecule has 2 amide bonds. The molecule has 0 unspecified atom stereocenters. The van der Waals surface area contributed by atoms with Crippen molar-refractivity contribution in [2.45, 2.75) is 25.0 Å². The molecule has 1 aromatic rings. The van der Waals surface area contributed by atoms with Crippen LogP contribution in [-0.4, -0.2) is 38.9 Å². The number of ether oxygens (including phenoxy) is 1. The molecule has 0 aromatic carbocycles. The standard InChI is InChI=1S/C10H10N4O3/c15-9-7-5-1-2-6(17-5)8(7)10(16)14(9)13-3-11-12-4-13/h3-8H,1-2H2/t5-,6-,7-,8-/m1/s1. The lowest BCUT2D eigenvalue weighted by Gasteiger charge is -2.16. The van der Waals surface area contributed by atoms with E-state index in [-0.39, 0.29) is 35.9 Å². The molecule has 3 saturated heterocycles. The molecule has 0 radical (unpaired) electrons. The van der Waals surface area contributed by atoms with Crippen molar-refractivity contribution in [3.63, 3.8) is 0 Å². The minimum atomic E-state index is -0.302. The van der Waals surface area contributed by atoms with Gasteiger partial charge in [-0.1, -0.05) is 0 Å². The first kappa shape index (κ1) is 9.29. The molecule has 3 fully saturated rings. The molecule has 2 bridgehead atoms. The van der Waals surface area contributed by atoms with Gasteiger partial charge in [0.25, 0.3) is 11.8 Å². The third kappa shape index (κ3) is 0.998. The van der Waals surface area contributed by atoms with Crippen molar-refractivity contribution in [2.75, 3.05) is 5.01 Å². The Hall–Kier alpha value is -1.76. The average molecular weight is 234 g/mol. The summed E-state index contributed by atoms with van der Waals surface area (Å²) < 4.78 is 6.99. The van der Waals surface area contributed by atoms with E-state index >= 15 is 0 Å². The van der Waals surface area contributed by atoms with E-state index in [9.17, 15) is 9.59 Å². The second kappa shape index (κ2) is 2.92. The molecule has 3 aliphatic rings. The molecule has 0 N–H and O–H groups in total. The third-order valence-electron chi connectivity index (χ3n) is 3.90. The van der Waals surface area contributed by atoms with Crippen molar-refractivity contribution in [3.8, 4) is 0 Å². The highest BCUT2D eigenvalue weighted by Gasteiger charge is 2.63. The topological polar surface area (TPSA) is 77.3 Å². The van der Waals surface area contributed by atoms with Gasteiger partial charge in [-0.25, -0.2) is 4.68 Å². The van der Waals surface area contributed by atoms with Crippen LogP contribution in [0.2, 0.25) is 0 Å². The third-order valence-corrected chi connectivity index (χ3v) is 3.90. The van der Waals surface area contributed by atoms with Gasteiger partial charge in [-0.2, -0.15) is 5.01 Å². The van der Waals surface area contributed by atoms with E-state index < -0.39 is 0 Å². The summed E-state index contributed by atoms with van der Waals surface area (Å²) in [5.41, 5.74) is 0. The largest absolute Gasteiger partial charge is 0.373 e. The summed E-state index contributed by atoms with van der Waals surface area (Å²) in [5, 5.41) is 8.38. The van der Waals surface area contributed by atoms with Crippen LogP contribution in [0.4, 0.5) is 0 Å². The molecule has 7 heteroatoms. The van der Waals surface area contributed by atoms with Gasteiger partial charge in [0.15, 0.2) is 0 Å². The number of imide groups is 1. The predicted molar refractivity (Wildman–Crippen MR) is 53.1 cm³/mol. The number of aromatic nitrogens is 3. The fourth-order valence-electron chi connectivity index (χ4n) is 3.22. The van der Waals surface area contributed by atoms with E-state index in [0.717, 1.165) is 17.9 Å². The number of nitrogens with zero attached hydrogens (tertiary/aromatic N) is 4. The van der Waals surface area contributed by atoms with Gasteiger partial charge in [-0.3, -0.25) is 9.59 Å². The molecule has 4 rings (SSSR count). The van der Waals surface area contributed by atoms with Crippen LogP contribution >= 0.6 is 0 Å². The zero-order chi connectivity index (χ0) is 11.6. The molecule has 0 saturated carbocycles. The molecule has 4 atom stereocenters. The molecular weight excluding hydrogens is 224 g/mol. The molecule has 1 aromatic heterocycles. The van der Waals surface area contributed by atoms with E-state index in [0.29, 0.717) is 0 Å². The van der Waals surface area contributed by atoms with Gasteiger partial charge >= 0.3 is 0 Å². The predicted octanol–water partition coefficient (Wildman–Crippen LogP) is -0.924. The Bertz CT molecular complexity index is 472. The number of hydrogen-bond acceptors (Lipinski definition) is 5. The molecule has 3 aliphatic heterocycles. The zero-order valence-corrected chi connectivity index (χ0v) is 8.89. The fraction of sp³-hybridized carbons (Fsp3) is 0.600. The van der Waals surface area contributed by atoms with E-state index in [1.54, 1.807) is 0 Å². The number of carbonyl (C=O) groups excluding carboxylic acids is 2. The highest BCUT2D eigenvalue weighted by molar-refractivity contribution is 6.17. The Kier molecular flexibility index (Phi) is 1.60. The first-order valence-electron chi connectivity index (χ1n) is 5.65. The molecular formula is C10H10N4O3. The van der Waals surface area contributed by atoms with Crippen LogP contribution < -0.4 is 5.01 Å². The fourth-order valence-corrected chi connectivity index (χ4v) is 3.22. The summed E-state index contributed by atoms with van der Waals surface area (Å²) >= 11 is 0. The Morgan fingerprint density at radius 3 is 2.12 bits per heavy atom. The smallest absolute Gasteiger partial charge is 0.255 e. The highest BCUT2D eigenvalue weighted by Crippen LogP contribution is 2.47. The maximum absolute atomic E-state index is 12.2. The quantitative estimate of drug-likeness (QED) is 0.587. The molecule has 0 spiro atoms. The van der Waals surface area contributed by atoms with Crippen molar-refractivity contribution in [1.29, 1.82) is 0 Å². The Morgan fingerprint density at radius 1 is 1.06 bits per heavy atom. The molecule has 7 nitrogen and oxygen atoms in total. The lowest BCUT2D eigenvalue weighted by molar-refractivity contribution is -0.127. The van der Waals surface area contributed by atoms with Gasteiger partial charge in [0, 0.05) is 0 Å². The van der Waals surface area contributed by atoms with Crippen LogP contribution in [0, 0.1) is 11.8 Å². The summed E-state index contributed by atoms with van der Waals surface area (Å²) in [6, 6.07) is 0. The molecule has 0 aliphatic carbocycles. The Balaban J connectivity index is 1.77. The van der Waals surface area contributed by atoms with Gasteiger partial charge in [-0.15, -0.1) is 10.2 Å². The summed E-state index contributed by atoms with van der Waals surface area (Å²) in [4.78, 5) is 24.5. The van der Waals surface area contributed by atoms with Crippen molar-refractivity contribution in [1.82, 2.24) is 14.9 Å². The summed E-state index contributed by atoms with van der Waals surface area (Å²) in [5.74, 6) is -0.980. The summed E-state index contributed by atoms with van der Waals surface area (Å²) in [6.45, 7) is 0. The van der Waals surface area contributed by atoms with Crippen LogP contribution in [0.15, 0.2) is 12.7 Å². The van der Waals surface area contributed by atoms with Gasteiger partial charge < -0.3 is 4.74 Å². The van der Waals surface area contributed by atoms with E-state index in [1.165, 1.54) is 17.3 Å². The normalized spacial score (nSPS) is 39.2. The SMILES string of the molecule is O=C1[C@H]2[C@H](C(=O)N1n1cnnc1)[C@H]1CC[C@H]2O1. The zero-order valence-electron chi connectivity index (χ0n) is 8.89. The molecule has 88 valence electrons. The monoisotopic (exact) mass is 234 g/mol. The van der Waals surface area contributed by atoms with Crippen LogP contribution in [0.5, 0.6) is 0 Å². The molecule has 4 heterocycles. The van der Waals surface area contributed by atoms with E-state index in [1.807, 2.05) is 0 Å². The van der Waals surface area contributed by atoms with E-state index in [2.05, 4.69) is 10.2 Å². The van der Waals surface area contributed by atoms with Crippen molar-refractivity contribution in [3.05, 3.63) is 12.7 Å². The maximum Gasteiger partial charge on any atom is 0.255 e. The van der Waals surface area contributed by atoms with Crippen LogP contribution in [0.3, 0.4) is 0 Å². The van der Waals surface area contributed by atoms with Crippen LogP contribution in [0.25, 0.3) is 0 Å². The highest BCUT2D eigenvalue weighted by atomic mass is 16.5. The number of amides is 2. The van der Waals surface area contributed by atoms with Gasteiger partial charge in [0.2, 0.25) is 0 Å². The Morgan fingerprint density at radius 2 is 1.59 bits per heavy atom. The Labute approximate surface area is 96.3 Å². The van der Waals surface area contributed by atoms with Crippen molar-refractivity contribution < 1.29 is 14.3 Å². The average Bonchev–Trinajstić information content (AvgIpc) is 3.03. The number of carbonyl (C=O) groups is 2. The maximum atomic E-state index is 12.2. The lowest BCUT2D eigenvalue weighted by atomic mass is 9.81. The first-order chi connectivity index (χ1) is 8.27. The summed E-state index contributed by atoms with van der Waals surface area (Å²) in [7, 11) is 0. The summed E-state index contributed by atoms with van der Waals surface area (Å²) in [6.07, 6.45) is 4.31. The van der Waals surface area contributed by atoms with Crippen LogP contribution in [0.1, 0.15) is 12.8 Å². The number of rotatable bonds is 1. The first-order valence-corrected chi connectivity index (χ1v) is 5.65. The van der Waals surface area contributed by atoms with Crippen molar-refractivity contribution >= 4 is 11.8 Å². The van der Waals surface area contributed by atoms with Gasteiger partial charge in [-0.05, 0) is 12.8 Å². The lowest BCUT2D eigenvalue weighted by Crippen LogP contribution is -2.42. The number of hydrogen-bond donors (Lipinski definition) is 0. The molecule has 17 heavy (non-hydrogen) atoms. The number of fused-ring (bicyclic) bond motifs is 5.